The van der Waals surface area contributed by atoms with Crippen LogP contribution in [0.1, 0.15) is 0 Å². The Morgan fingerprint density at radius 2 is 1.94 bits per heavy atom. The molecule has 1 aromatic heterocycles. The molecule has 1 aromatic carbocycles. The number of nitrogen functional groups attached to an aromatic ring is 1. The van der Waals surface area contributed by atoms with E-state index >= 15 is 0 Å². The number of aromatic nitrogens is 2. The van der Waals surface area contributed by atoms with Crippen LogP contribution in [0, 0.1) is 0 Å². The van der Waals surface area contributed by atoms with Crippen molar-refractivity contribution in [2.45, 2.75) is 0 Å². The van der Waals surface area contributed by atoms with Gasteiger partial charge in [0.2, 0.25) is 11.8 Å². The van der Waals surface area contributed by atoms with Crippen LogP contribution in [0.5, 0.6) is 11.6 Å². The van der Waals surface area contributed by atoms with Crippen LogP contribution < -0.4 is 16.0 Å². The van der Waals surface area contributed by atoms with Gasteiger partial charge in [-0.05, 0) is 18.2 Å². The number of nitrogens with one attached hydrogen (secondary N) is 1. The SMILES string of the molecule is NNc1ncc(Cl)c(Oc2ccc(Cl)cc2Cl)n1. The van der Waals surface area contributed by atoms with Gasteiger partial charge in [0.05, 0.1) is 11.2 Å². The minimum atomic E-state index is 0.142. The maximum Gasteiger partial charge on any atom is 0.243 e. The van der Waals surface area contributed by atoms with Gasteiger partial charge in [-0.1, -0.05) is 34.8 Å². The Kier molecular flexibility index (Phi) is 4.08. The molecule has 0 aliphatic rings. The highest BCUT2D eigenvalue weighted by Crippen LogP contribution is 2.33. The van der Waals surface area contributed by atoms with E-state index in [4.69, 9.17) is 45.4 Å². The maximum atomic E-state index is 5.97. The van der Waals surface area contributed by atoms with Crippen molar-refractivity contribution in [2.75, 3.05) is 5.43 Å². The van der Waals surface area contributed by atoms with Crippen LogP contribution in [0.3, 0.4) is 0 Å². The smallest absolute Gasteiger partial charge is 0.243 e. The molecule has 1 heterocycles. The van der Waals surface area contributed by atoms with E-state index in [1.54, 1.807) is 18.2 Å². The monoisotopic (exact) mass is 304 g/mol. The molecule has 0 atom stereocenters. The van der Waals surface area contributed by atoms with Gasteiger partial charge >= 0.3 is 0 Å². The summed E-state index contributed by atoms with van der Waals surface area (Å²) in [6, 6.07) is 4.80. The van der Waals surface area contributed by atoms with E-state index in [-0.39, 0.29) is 16.9 Å². The van der Waals surface area contributed by atoms with Gasteiger partial charge in [-0.3, -0.25) is 5.43 Å². The van der Waals surface area contributed by atoms with Gasteiger partial charge in [-0.2, -0.15) is 4.98 Å². The Hall–Kier alpha value is -1.27. The van der Waals surface area contributed by atoms with Gasteiger partial charge in [0.25, 0.3) is 0 Å². The van der Waals surface area contributed by atoms with Crippen LogP contribution in [0.15, 0.2) is 24.4 Å². The first-order chi connectivity index (χ1) is 8.60. The number of halogens is 3. The Balaban J connectivity index is 2.33. The molecule has 18 heavy (non-hydrogen) atoms. The Morgan fingerprint density at radius 1 is 1.17 bits per heavy atom. The molecule has 94 valence electrons. The van der Waals surface area contributed by atoms with Gasteiger partial charge in [-0.25, -0.2) is 10.8 Å². The number of ether oxygens (including phenoxy) is 1. The number of hydrazine groups is 1. The van der Waals surface area contributed by atoms with Crippen molar-refractivity contribution in [1.29, 1.82) is 0 Å². The lowest BCUT2D eigenvalue weighted by Gasteiger charge is -2.09. The Morgan fingerprint density at radius 3 is 2.61 bits per heavy atom. The molecule has 0 amide bonds. The maximum absolute atomic E-state index is 5.97. The Bertz CT molecular complexity index is 579. The van der Waals surface area contributed by atoms with Crippen LogP contribution in [-0.2, 0) is 0 Å². The minimum absolute atomic E-state index is 0.142. The lowest BCUT2D eigenvalue weighted by Crippen LogP contribution is -2.10. The molecule has 0 fully saturated rings. The molecule has 0 aliphatic carbocycles. The zero-order valence-corrected chi connectivity index (χ0v) is 11.1. The van der Waals surface area contributed by atoms with Crippen molar-refractivity contribution in [1.82, 2.24) is 9.97 Å². The number of nitrogens with two attached hydrogens (primary N) is 1. The Labute approximate surface area is 118 Å². The second-order valence-corrected chi connectivity index (χ2v) is 4.42. The predicted octanol–water partition coefficient (Wildman–Crippen LogP) is 3.51. The van der Waals surface area contributed by atoms with Gasteiger partial charge in [0.15, 0.2) is 0 Å². The lowest BCUT2D eigenvalue weighted by atomic mass is 10.3. The number of nitrogens with zero attached hydrogens (tertiary/aromatic N) is 2. The molecule has 5 nitrogen and oxygen atoms in total. The van der Waals surface area contributed by atoms with E-state index in [1.807, 2.05) is 0 Å². The minimum Gasteiger partial charge on any atom is -0.436 e. The molecule has 0 spiro atoms. The van der Waals surface area contributed by atoms with E-state index < -0.39 is 0 Å². The number of hydrogen-bond acceptors (Lipinski definition) is 5. The summed E-state index contributed by atoms with van der Waals surface area (Å²) < 4.78 is 5.47. The molecule has 0 bridgehead atoms. The van der Waals surface area contributed by atoms with Gasteiger partial charge in [-0.15, -0.1) is 0 Å². The van der Waals surface area contributed by atoms with Crippen molar-refractivity contribution < 1.29 is 4.74 Å². The van der Waals surface area contributed by atoms with Gasteiger partial charge < -0.3 is 4.74 Å². The summed E-state index contributed by atoms with van der Waals surface area (Å²) in [6.45, 7) is 0. The normalized spacial score (nSPS) is 10.2. The molecule has 0 aliphatic heterocycles. The highest BCUT2D eigenvalue weighted by Gasteiger charge is 2.10. The van der Waals surface area contributed by atoms with E-state index in [1.165, 1.54) is 6.20 Å². The van der Waals surface area contributed by atoms with E-state index in [2.05, 4.69) is 15.4 Å². The van der Waals surface area contributed by atoms with E-state index in [9.17, 15) is 0 Å². The van der Waals surface area contributed by atoms with Crippen molar-refractivity contribution >= 4 is 40.8 Å². The molecule has 0 saturated heterocycles. The molecule has 2 aromatic rings. The summed E-state index contributed by atoms with van der Waals surface area (Å²) in [5, 5.41) is 1.09. The highest BCUT2D eigenvalue weighted by atomic mass is 35.5. The number of benzene rings is 1. The van der Waals surface area contributed by atoms with Crippen LogP contribution in [0.25, 0.3) is 0 Å². The standard InChI is InChI=1S/C10H7Cl3N4O/c11-5-1-2-8(6(12)3-5)18-9-7(13)4-15-10(16-9)17-14/h1-4H,14H2,(H,15,16,17). The highest BCUT2D eigenvalue weighted by molar-refractivity contribution is 6.35. The lowest BCUT2D eigenvalue weighted by molar-refractivity contribution is 0.463. The first kappa shape index (κ1) is 13.2. The average molecular weight is 306 g/mol. The molecular weight excluding hydrogens is 298 g/mol. The predicted molar refractivity (Wildman–Crippen MR) is 71.4 cm³/mol. The summed E-state index contributed by atoms with van der Waals surface area (Å²) in [7, 11) is 0. The molecule has 0 radical (unpaired) electrons. The van der Waals surface area contributed by atoms with Crippen molar-refractivity contribution in [3.63, 3.8) is 0 Å². The molecule has 0 saturated carbocycles. The van der Waals surface area contributed by atoms with Crippen molar-refractivity contribution in [2.24, 2.45) is 5.84 Å². The zero-order valence-electron chi connectivity index (χ0n) is 8.82. The van der Waals surface area contributed by atoms with Crippen LogP contribution in [-0.4, -0.2) is 9.97 Å². The molecular formula is C10H7Cl3N4O. The summed E-state index contributed by atoms with van der Waals surface area (Å²) in [6.07, 6.45) is 1.36. The van der Waals surface area contributed by atoms with Crippen LogP contribution in [0.2, 0.25) is 15.1 Å². The molecule has 8 heteroatoms. The number of anilines is 1. The van der Waals surface area contributed by atoms with Crippen LogP contribution in [0.4, 0.5) is 5.95 Å². The third-order valence-electron chi connectivity index (χ3n) is 1.94. The van der Waals surface area contributed by atoms with Gasteiger partial charge in [0.1, 0.15) is 10.8 Å². The van der Waals surface area contributed by atoms with Gasteiger partial charge in [0, 0.05) is 5.02 Å². The molecule has 2 rings (SSSR count). The topological polar surface area (TPSA) is 73.1 Å². The fourth-order valence-corrected chi connectivity index (χ4v) is 1.73. The second kappa shape index (κ2) is 5.58. The summed E-state index contributed by atoms with van der Waals surface area (Å²) >= 11 is 17.6. The first-order valence-electron chi connectivity index (χ1n) is 4.72. The third kappa shape index (κ3) is 2.94. The van der Waals surface area contributed by atoms with Crippen molar-refractivity contribution in [3.05, 3.63) is 39.5 Å². The van der Waals surface area contributed by atoms with E-state index in [0.29, 0.717) is 15.8 Å². The number of rotatable bonds is 3. The van der Waals surface area contributed by atoms with E-state index in [0.717, 1.165) is 0 Å². The molecule has 0 unspecified atom stereocenters. The largest absolute Gasteiger partial charge is 0.436 e. The summed E-state index contributed by atoms with van der Waals surface area (Å²) in [5.41, 5.74) is 2.29. The average Bonchev–Trinajstić information content (AvgIpc) is 2.35. The quantitative estimate of drug-likeness (QED) is 0.670. The molecule has 3 N–H and O–H groups in total. The fraction of sp³-hybridized carbons (Fsp3) is 0. The first-order valence-corrected chi connectivity index (χ1v) is 5.85. The summed E-state index contributed by atoms with van der Waals surface area (Å²) in [5.74, 6) is 5.90. The zero-order chi connectivity index (χ0) is 13.1. The fourth-order valence-electron chi connectivity index (χ4n) is 1.15. The van der Waals surface area contributed by atoms with Crippen molar-refractivity contribution in [3.8, 4) is 11.6 Å². The third-order valence-corrected chi connectivity index (χ3v) is 2.73. The second-order valence-electron chi connectivity index (χ2n) is 3.17. The summed E-state index contributed by atoms with van der Waals surface area (Å²) in [4.78, 5) is 7.78. The van der Waals surface area contributed by atoms with Crippen LogP contribution >= 0.6 is 34.8 Å². The number of hydrogen-bond donors (Lipinski definition) is 2.